The minimum absolute atomic E-state index is 0.895. The van der Waals surface area contributed by atoms with Crippen molar-refractivity contribution >= 4 is 27.8 Å². The molecule has 6 heteroatoms. The van der Waals surface area contributed by atoms with E-state index in [9.17, 15) is 0 Å². The van der Waals surface area contributed by atoms with Crippen molar-refractivity contribution in [2.24, 2.45) is 0 Å². The smallest absolute Gasteiger partial charge is 0.0977 e. The Bertz CT molecular complexity index is 1480. The summed E-state index contributed by atoms with van der Waals surface area (Å²) in [6.07, 6.45) is 5.97. The van der Waals surface area contributed by atoms with Gasteiger partial charge in [0, 0.05) is 51.2 Å². The van der Waals surface area contributed by atoms with E-state index in [1.165, 1.54) is 15.3 Å². The molecule has 0 saturated heterocycles. The molecule has 2 N–H and O–H groups in total. The monoisotopic (exact) mass is 435 g/mol. The zero-order valence-electron chi connectivity index (χ0n) is 17.6. The van der Waals surface area contributed by atoms with Gasteiger partial charge in [-0.3, -0.25) is 9.97 Å². The molecular weight excluding hydrogens is 414 g/mol. The zero-order valence-corrected chi connectivity index (χ0v) is 18.4. The first-order valence-corrected chi connectivity index (χ1v) is 11.4. The standard InChI is InChI=1S/C26H21N5S/c1-16-3-2-4-22(31-16)26-25(29-15-30-26)17-5-6-21-19(11-17)12-20(14-28-21)24-8-7-23(32-24)18-9-10-27-13-18/h2-9,11-12,14-15,27H,10,13H2,1H3,(H,29,30). The number of benzene rings is 1. The van der Waals surface area contributed by atoms with E-state index in [1.807, 2.05) is 42.7 Å². The second-order valence-corrected chi connectivity index (χ2v) is 9.03. The molecule has 5 nitrogen and oxygen atoms in total. The van der Waals surface area contributed by atoms with Crippen LogP contribution in [0.2, 0.25) is 0 Å². The van der Waals surface area contributed by atoms with E-state index in [0.717, 1.165) is 57.9 Å². The Morgan fingerprint density at radius 3 is 2.72 bits per heavy atom. The number of nitrogens with one attached hydrogen (secondary N) is 2. The Labute approximate surface area is 189 Å². The van der Waals surface area contributed by atoms with E-state index in [-0.39, 0.29) is 0 Å². The molecule has 156 valence electrons. The van der Waals surface area contributed by atoms with Crippen LogP contribution in [0.1, 0.15) is 10.6 Å². The zero-order chi connectivity index (χ0) is 21.5. The molecule has 0 unspecified atom stereocenters. The summed E-state index contributed by atoms with van der Waals surface area (Å²) in [6, 6.07) is 19.0. The van der Waals surface area contributed by atoms with Crippen LogP contribution < -0.4 is 5.32 Å². The molecule has 0 radical (unpaired) electrons. The van der Waals surface area contributed by atoms with Gasteiger partial charge in [0.05, 0.1) is 28.9 Å². The summed E-state index contributed by atoms with van der Waals surface area (Å²) < 4.78 is 0. The average Bonchev–Trinajstić information content (AvgIpc) is 3.59. The molecule has 1 aromatic carbocycles. The molecule has 4 aromatic heterocycles. The summed E-state index contributed by atoms with van der Waals surface area (Å²) in [5.74, 6) is 0. The molecule has 0 spiro atoms. The summed E-state index contributed by atoms with van der Waals surface area (Å²) in [7, 11) is 0. The number of hydrogen-bond acceptors (Lipinski definition) is 5. The maximum Gasteiger partial charge on any atom is 0.0977 e. The average molecular weight is 436 g/mol. The number of aromatic nitrogens is 4. The molecule has 32 heavy (non-hydrogen) atoms. The van der Waals surface area contributed by atoms with Gasteiger partial charge in [0.25, 0.3) is 0 Å². The van der Waals surface area contributed by atoms with Crippen molar-refractivity contribution in [1.82, 2.24) is 25.3 Å². The van der Waals surface area contributed by atoms with E-state index in [4.69, 9.17) is 4.98 Å². The van der Waals surface area contributed by atoms with Gasteiger partial charge in [0.1, 0.15) is 0 Å². The largest absolute Gasteiger partial charge is 0.343 e. The summed E-state index contributed by atoms with van der Waals surface area (Å²) in [6.45, 7) is 3.90. The quantitative estimate of drug-likeness (QED) is 0.379. The lowest BCUT2D eigenvalue weighted by Gasteiger charge is -2.06. The molecule has 1 aliphatic heterocycles. The normalized spacial score (nSPS) is 13.6. The lowest BCUT2D eigenvalue weighted by molar-refractivity contribution is 0.898. The highest BCUT2D eigenvalue weighted by atomic mass is 32.1. The summed E-state index contributed by atoms with van der Waals surface area (Å²) in [4.78, 5) is 19.8. The predicted octanol–water partition coefficient (Wildman–Crippen LogP) is 5.71. The molecule has 5 heterocycles. The lowest BCUT2D eigenvalue weighted by Crippen LogP contribution is -2.07. The molecule has 0 bridgehead atoms. The number of hydrogen-bond donors (Lipinski definition) is 2. The maximum absolute atomic E-state index is 4.72. The van der Waals surface area contributed by atoms with Crippen molar-refractivity contribution in [3.05, 3.63) is 83.8 Å². The van der Waals surface area contributed by atoms with Crippen molar-refractivity contribution in [3.63, 3.8) is 0 Å². The number of rotatable bonds is 4. The van der Waals surface area contributed by atoms with Gasteiger partial charge in [-0.05, 0) is 55.0 Å². The topological polar surface area (TPSA) is 66.5 Å². The van der Waals surface area contributed by atoms with E-state index in [2.05, 4.69) is 62.7 Å². The third-order valence-electron chi connectivity index (χ3n) is 5.75. The van der Waals surface area contributed by atoms with Crippen LogP contribution in [-0.4, -0.2) is 33.0 Å². The molecule has 0 saturated carbocycles. The number of imidazole rings is 1. The Morgan fingerprint density at radius 2 is 1.84 bits per heavy atom. The molecule has 0 amide bonds. The molecule has 0 atom stereocenters. The molecular formula is C26H21N5S. The van der Waals surface area contributed by atoms with Crippen molar-refractivity contribution in [3.8, 4) is 33.1 Å². The molecule has 0 aliphatic carbocycles. The number of aryl methyl sites for hydroxylation is 1. The lowest BCUT2D eigenvalue weighted by atomic mass is 10.0. The molecule has 5 aromatic rings. The van der Waals surface area contributed by atoms with Gasteiger partial charge in [-0.1, -0.05) is 18.2 Å². The van der Waals surface area contributed by atoms with Gasteiger partial charge in [-0.2, -0.15) is 0 Å². The van der Waals surface area contributed by atoms with Crippen molar-refractivity contribution in [1.29, 1.82) is 0 Å². The van der Waals surface area contributed by atoms with Crippen LogP contribution >= 0.6 is 11.3 Å². The highest BCUT2D eigenvalue weighted by molar-refractivity contribution is 7.16. The van der Waals surface area contributed by atoms with Crippen molar-refractivity contribution in [2.45, 2.75) is 6.92 Å². The van der Waals surface area contributed by atoms with Gasteiger partial charge in [-0.25, -0.2) is 4.98 Å². The Balaban J connectivity index is 1.39. The summed E-state index contributed by atoms with van der Waals surface area (Å²) >= 11 is 1.82. The predicted molar refractivity (Wildman–Crippen MR) is 131 cm³/mol. The second-order valence-electron chi connectivity index (χ2n) is 7.95. The van der Waals surface area contributed by atoms with Gasteiger partial charge in [0.15, 0.2) is 0 Å². The number of pyridine rings is 2. The SMILES string of the molecule is Cc1cccc(-c2[nH]cnc2-c2ccc3ncc(-c4ccc(C5=CCNC5)s4)cc3c2)n1. The fourth-order valence-electron chi connectivity index (χ4n) is 4.13. The highest BCUT2D eigenvalue weighted by Gasteiger charge is 2.14. The van der Waals surface area contributed by atoms with E-state index >= 15 is 0 Å². The number of H-pyrrole nitrogens is 1. The minimum atomic E-state index is 0.895. The Kier molecular flexibility index (Phi) is 4.67. The first kappa shape index (κ1) is 19.1. The molecule has 6 rings (SSSR count). The van der Waals surface area contributed by atoms with Crippen molar-refractivity contribution < 1.29 is 0 Å². The van der Waals surface area contributed by atoms with Crippen molar-refractivity contribution in [2.75, 3.05) is 13.1 Å². The van der Waals surface area contributed by atoms with Crippen LogP contribution in [0, 0.1) is 6.92 Å². The van der Waals surface area contributed by atoms with Gasteiger partial charge in [0.2, 0.25) is 0 Å². The minimum Gasteiger partial charge on any atom is -0.343 e. The fraction of sp³-hybridized carbons (Fsp3) is 0.115. The first-order chi connectivity index (χ1) is 15.7. The Hall–Kier alpha value is -3.61. The third-order valence-corrected chi connectivity index (χ3v) is 6.96. The molecule has 0 fully saturated rings. The van der Waals surface area contributed by atoms with Gasteiger partial charge < -0.3 is 10.3 Å². The molecule has 1 aliphatic rings. The second kappa shape index (κ2) is 7.82. The van der Waals surface area contributed by atoms with Crippen LogP contribution in [0.15, 0.2) is 73.2 Å². The van der Waals surface area contributed by atoms with E-state index < -0.39 is 0 Å². The van der Waals surface area contributed by atoms with Gasteiger partial charge in [-0.15, -0.1) is 11.3 Å². The Morgan fingerprint density at radius 1 is 0.938 bits per heavy atom. The number of thiophene rings is 1. The van der Waals surface area contributed by atoms with Crippen LogP contribution in [0.4, 0.5) is 0 Å². The third kappa shape index (κ3) is 3.43. The fourth-order valence-corrected chi connectivity index (χ4v) is 5.16. The summed E-state index contributed by atoms with van der Waals surface area (Å²) in [5.41, 5.74) is 8.25. The number of aromatic amines is 1. The summed E-state index contributed by atoms with van der Waals surface area (Å²) in [5, 5.41) is 4.47. The first-order valence-electron chi connectivity index (χ1n) is 10.6. The highest BCUT2D eigenvalue weighted by Crippen LogP contribution is 2.35. The maximum atomic E-state index is 4.72. The van der Waals surface area contributed by atoms with Crippen LogP contribution in [0.5, 0.6) is 0 Å². The number of fused-ring (bicyclic) bond motifs is 1. The van der Waals surface area contributed by atoms with Gasteiger partial charge >= 0.3 is 0 Å². The van der Waals surface area contributed by atoms with Crippen LogP contribution in [0.25, 0.3) is 49.6 Å². The van der Waals surface area contributed by atoms with E-state index in [1.54, 1.807) is 6.33 Å². The number of nitrogens with zero attached hydrogens (tertiary/aromatic N) is 3. The van der Waals surface area contributed by atoms with E-state index in [0.29, 0.717) is 0 Å². The van der Waals surface area contributed by atoms with Crippen LogP contribution in [-0.2, 0) is 0 Å². The van der Waals surface area contributed by atoms with Crippen LogP contribution in [0.3, 0.4) is 0 Å².